The number of aliphatic hydroxyl groups is 4. The number of unbranched alkanes of at least 4 members (excludes halogenated alkanes) is 8. The van der Waals surface area contributed by atoms with Crippen molar-refractivity contribution in [2.75, 3.05) is 13.1 Å². The molecule has 6 nitrogen and oxygen atoms in total. The monoisotopic (exact) mass is 319 g/mol. The number of rotatable bonds is 14. The maximum atomic E-state index is 11.9. The maximum absolute atomic E-state index is 11.9. The molecule has 0 heterocycles. The first-order valence-corrected chi connectivity index (χ1v) is 8.47. The molecule has 22 heavy (non-hydrogen) atoms. The summed E-state index contributed by atoms with van der Waals surface area (Å²) in [6.45, 7) is 1.60. The van der Waals surface area contributed by atoms with Gasteiger partial charge in [0.1, 0.15) is 0 Å². The summed E-state index contributed by atoms with van der Waals surface area (Å²) in [6.07, 6.45) is 7.36. The third kappa shape index (κ3) is 13.0. The number of nitrogens with zero attached hydrogens (tertiary/aromatic N) is 1. The average molecular weight is 319 g/mol. The zero-order valence-corrected chi connectivity index (χ0v) is 13.8. The molecule has 0 aromatic carbocycles. The summed E-state index contributed by atoms with van der Waals surface area (Å²) in [5.74, 6) is -0.274. The highest BCUT2D eigenvalue weighted by Gasteiger charge is 2.18. The quantitative estimate of drug-likeness (QED) is 0.286. The molecule has 1 amide bonds. The van der Waals surface area contributed by atoms with Crippen molar-refractivity contribution in [3.8, 4) is 0 Å². The molecule has 0 unspecified atom stereocenters. The van der Waals surface area contributed by atoms with Crippen LogP contribution in [0.25, 0.3) is 0 Å². The first-order valence-electron chi connectivity index (χ1n) is 8.47. The lowest BCUT2D eigenvalue weighted by molar-refractivity contribution is -0.146. The lowest BCUT2D eigenvalue weighted by atomic mass is 10.1. The molecule has 6 heteroatoms. The first-order chi connectivity index (χ1) is 10.5. The largest absolute Gasteiger partial charge is 0.367 e. The molecular formula is C16H33NO5. The Balaban J connectivity index is 3.71. The van der Waals surface area contributed by atoms with E-state index in [1.165, 1.54) is 38.5 Å². The van der Waals surface area contributed by atoms with Crippen LogP contribution in [0, 0.1) is 0 Å². The molecule has 0 aromatic rings. The summed E-state index contributed by atoms with van der Waals surface area (Å²) in [5.41, 5.74) is 0. The summed E-state index contributed by atoms with van der Waals surface area (Å²) in [5, 5.41) is 35.7. The first kappa shape index (κ1) is 21.3. The Hall–Kier alpha value is -0.690. The lowest BCUT2D eigenvalue weighted by Crippen LogP contribution is -2.42. The summed E-state index contributed by atoms with van der Waals surface area (Å²) in [6, 6.07) is 0. The zero-order chi connectivity index (χ0) is 16.8. The van der Waals surface area contributed by atoms with Gasteiger partial charge in [-0.3, -0.25) is 4.79 Å². The Morgan fingerprint density at radius 1 is 0.773 bits per heavy atom. The lowest BCUT2D eigenvalue weighted by Gasteiger charge is -2.24. The van der Waals surface area contributed by atoms with Crippen LogP contribution in [-0.2, 0) is 4.79 Å². The van der Waals surface area contributed by atoms with Crippen LogP contribution < -0.4 is 0 Å². The van der Waals surface area contributed by atoms with Crippen molar-refractivity contribution < 1.29 is 25.2 Å². The molecule has 0 aliphatic carbocycles. The summed E-state index contributed by atoms with van der Waals surface area (Å²) < 4.78 is 0. The second-order valence-corrected chi connectivity index (χ2v) is 5.84. The van der Waals surface area contributed by atoms with E-state index in [0.29, 0.717) is 6.42 Å². The van der Waals surface area contributed by atoms with Crippen LogP contribution in [0.15, 0.2) is 0 Å². The van der Waals surface area contributed by atoms with E-state index in [4.69, 9.17) is 20.4 Å². The van der Waals surface area contributed by atoms with Crippen LogP contribution in [0.1, 0.15) is 71.1 Å². The molecular weight excluding hydrogens is 286 g/mol. The van der Waals surface area contributed by atoms with Crippen LogP contribution in [0.2, 0.25) is 0 Å². The zero-order valence-electron chi connectivity index (χ0n) is 13.8. The third-order valence-electron chi connectivity index (χ3n) is 3.61. The van der Waals surface area contributed by atoms with Crippen molar-refractivity contribution in [2.24, 2.45) is 0 Å². The number of hydrogen-bond acceptors (Lipinski definition) is 5. The second kappa shape index (κ2) is 13.9. The van der Waals surface area contributed by atoms with E-state index in [1.807, 2.05) is 0 Å². The SMILES string of the molecule is CCCCCCCCCCCC(=O)N(CC(O)O)CC(O)O. The van der Waals surface area contributed by atoms with Crippen molar-refractivity contribution in [1.29, 1.82) is 0 Å². The van der Waals surface area contributed by atoms with Gasteiger partial charge in [-0.15, -0.1) is 0 Å². The summed E-state index contributed by atoms with van der Waals surface area (Å²) >= 11 is 0. The van der Waals surface area contributed by atoms with E-state index in [1.54, 1.807) is 0 Å². The fourth-order valence-corrected chi connectivity index (χ4v) is 2.42. The second-order valence-electron chi connectivity index (χ2n) is 5.84. The molecule has 0 rings (SSSR count). The normalized spacial score (nSPS) is 11.4. The van der Waals surface area contributed by atoms with Gasteiger partial charge < -0.3 is 25.3 Å². The van der Waals surface area contributed by atoms with Crippen molar-refractivity contribution in [2.45, 2.75) is 83.7 Å². The van der Waals surface area contributed by atoms with Gasteiger partial charge in [-0.2, -0.15) is 0 Å². The van der Waals surface area contributed by atoms with Gasteiger partial charge in [-0.05, 0) is 6.42 Å². The predicted molar refractivity (Wildman–Crippen MR) is 84.9 cm³/mol. The number of carbonyl (C=O) groups is 1. The van der Waals surface area contributed by atoms with E-state index >= 15 is 0 Å². The summed E-state index contributed by atoms with van der Waals surface area (Å²) in [4.78, 5) is 13.0. The molecule has 4 N–H and O–H groups in total. The Labute approximate surface area is 133 Å². The van der Waals surface area contributed by atoms with Gasteiger partial charge in [-0.1, -0.05) is 58.3 Å². The number of carbonyl (C=O) groups excluding carboxylic acids is 1. The molecule has 132 valence electrons. The van der Waals surface area contributed by atoms with Gasteiger partial charge in [0.25, 0.3) is 0 Å². The highest BCUT2D eigenvalue weighted by Crippen LogP contribution is 2.11. The topological polar surface area (TPSA) is 101 Å². The summed E-state index contributed by atoms with van der Waals surface area (Å²) in [7, 11) is 0. The Bertz CT molecular complexity index is 261. The van der Waals surface area contributed by atoms with Gasteiger partial charge in [0.2, 0.25) is 5.91 Å². The number of hydrogen-bond donors (Lipinski definition) is 4. The molecule has 0 aliphatic heterocycles. The minimum atomic E-state index is -1.66. The minimum absolute atomic E-state index is 0.274. The van der Waals surface area contributed by atoms with Crippen LogP contribution in [-0.4, -0.2) is 56.9 Å². The molecule has 0 aliphatic rings. The Kier molecular flexibility index (Phi) is 13.5. The van der Waals surface area contributed by atoms with Crippen LogP contribution in [0.4, 0.5) is 0 Å². The third-order valence-corrected chi connectivity index (χ3v) is 3.61. The van der Waals surface area contributed by atoms with E-state index in [0.717, 1.165) is 24.2 Å². The fraction of sp³-hybridized carbons (Fsp3) is 0.938. The highest BCUT2D eigenvalue weighted by atomic mass is 16.5. The molecule has 0 saturated heterocycles. The highest BCUT2D eigenvalue weighted by molar-refractivity contribution is 5.76. The van der Waals surface area contributed by atoms with Gasteiger partial charge in [0.15, 0.2) is 12.6 Å². The predicted octanol–water partition coefficient (Wildman–Crippen LogP) is 1.36. The Morgan fingerprint density at radius 2 is 1.18 bits per heavy atom. The van der Waals surface area contributed by atoms with Crippen molar-refractivity contribution in [3.05, 3.63) is 0 Å². The van der Waals surface area contributed by atoms with Gasteiger partial charge in [0.05, 0.1) is 13.1 Å². The van der Waals surface area contributed by atoms with Gasteiger partial charge in [0, 0.05) is 6.42 Å². The molecule has 0 saturated carbocycles. The number of amides is 1. The Morgan fingerprint density at radius 3 is 1.59 bits per heavy atom. The maximum Gasteiger partial charge on any atom is 0.222 e. The van der Waals surface area contributed by atoms with Crippen molar-refractivity contribution >= 4 is 5.91 Å². The van der Waals surface area contributed by atoms with Gasteiger partial charge >= 0.3 is 0 Å². The van der Waals surface area contributed by atoms with Gasteiger partial charge in [-0.25, -0.2) is 0 Å². The van der Waals surface area contributed by atoms with Crippen LogP contribution in [0.5, 0.6) is 0 Å². The van der Waals surface area contributed by atoms with Crippen molar-refractivity contribution in [3.63, 3.8) is 0 Å². The van der Waals surface area contributed by atoms with E-state index in [2.05, 4.69) is 6.92 Å². The molecule has 0 fully saturated rings. The smallest absolute Gasteiger partial charge is 0.222 e. The number of aliphatic hydroxyl groups excluding tert-OH is 2. The molecule has 0 aromatic heterocycles. The molecule has 0 bridgehead atoms. The minimum Gasteiger partial charge on any atom is -0.367 e. The van der Waals surface area contributed by atoms with Crippen LogP contribution in [0.3, 0.4) is 0 Å². The molecule has 0 atom stereocenters. The van der Waals surface area contributed by atoms with Crippen LogP contribution >= 0.6 is 0 Å². The molecule has 0 radical (unpaired) electrons. The standard InChI is InChI=1S/C16H33NO5/c1-2-3-4-5-6-7-8-9-10-11-14(18)17(12-15(19)20)13-16(21)22/h15-16,19-22H,2-13H2,1H3. The van der Waals surface area contributed by atoms with Crippen molar-refractivity contribution in [1.82, 2.24) is 4.90 Å². The fourth-order valence-electron chi connectivity index (χ4n) is 2.42. The average Bonchev–Trinajstić information content (AvgIpc) is 2.43. The van der Waals surface area contributed by atoms with E-state index in [9.17, 15) is 4.79 Å². The molecule has 0 spiro atoms. The van der Waals surface area contributed by atoms with E-state index in [-0.39, 0.29) is 19.0 Å². The van der Waals surface area contributed by atoms with E-state index < -0.39 is 12.6 Å².